The first-order valence-corrected chi connectivity index (χ1v) is 13.4. The van der Waals surface area contributed by atoms with Crippen LogP contribution in [0, 0.1) is 18.3 Å². The second-order valence-corrected chi connectivity index (χ2v) is 10.1. The van der Waals surface area contributed by atoms with Crippen LogP contribution in [0.25, 0.3) is 22.0 Å². The van der Waals surface area contributed by atoms with Crippen molar-refractivity contribution in [3.05, 3.63) is 74.8 Å². The Morgan fingerprint density at radius 3 is 2.76 bits per heavy atom. The van der Waals surface area contributed by atoms with Gasteiger partial charge >= 0.3 is 5.97 Å². The zero-order chi connectivity index (χ0) is 27.0. The second-order valence-electron chi connectivity index (χ2n) is 8.82. The summed E-state index contributed by atoms with van der Waals surface area (Å²) in [5.74, 6) is 0.0498. The standard InChI is InChI=1S/C27H22ClN5O4S/c1-14-32-20-13-31-23(15-3-4-15)19(12-29)22(20)26(34)33(14)9-10-37-21-6-5-16(28)11-18(21)17-7-8-30-24(27(35)36)25(17)38-2/h5-8,11,13,15H,3-4,9-10H2,1-2H3,(H,35,36). The van der Waals surface area contributed by atoms with Crippen LogP contribution >= 0.6 is 23.4 Å². The van der Waals surface area contributed by atoms with Crippen LogP contribution in [0.3, 0.4) is 0 Å². The summed E-state index contributed by atoms with van der Waals surface area (Å²) < 4.78 is 7.60. The quantitative estimate of drug-likeness (QED) is 0.300. The number of hydrogen-bond donors (Lipinski definition) is 1. The van der Waals surface area contributed by atoms with Gasteiger partial charge in [-0.2, -0.15) is 5.26 Å². The van der Waals surface area contributed by atoms with Crippen LogP contribution in [0.4, 0.5) is 0 Å². The van der Waals surface area contributed by atoms with Crippen LogP contribution in [0.1, 0.15) is 46.3 Å². The van der Waals surface area contributed by atoms with E-state index in [1.54, 1.807) is 43.6 Å². The van der Waals surface area contributed by atoms with E-state index in [4.69, 9.17) is 16.3 Å². The maximum atomic E-state index is 13.5. The van der Waals surface area contributed by atoms with Crippen molar-refractivity contribution in [2.24, 2.45) is 0 Å². The summed E-state index contributed by atoms with van der Waals surface area (Å²) in [5, 5.41) is 20.1. The predicted molar refractivity (Wildman–Crippen MR) is 144 cm³/mol. The molecule has 0 aliphatic heterocycles. The summed E-state index contributed by atoms with van der Waals surface area (Å²) in [6, 6.07) is 8.98. The van der Waals surface area contributed by atoms with Gasteiger partial charge in [0, 0.05) is 33.2 Å². The number of fused-ring (bicyclic) bond motifs is 1. The van der Waals surface area contributed by atoms with Gasteiger partial charge in [-0.25, -0.2) is 14.8 Å². The summed E-state index contributed by atoms with van der Waals surface area (Å²) in [5.41, 5.74) is 2.24. The number of pyridine rings is 2. The van der Waals surface area contributed by atoms with Gasteiger partial charge in [0.15, 0.2) is 5.69 Å². The molecule has 3 heterocycles. The molecular weight excluding hydrogens is 526 g/mol. The second kappa shape index (κ2) is 10.4. The Morgan fingerprint density at radius 1 is 1.29 bits per heavy atom. The lowest BCUT2D eigenvalue weighted by Gasteiger charge is -2.17. The molecule has 3 aromatic heterocycles. The molecule has 38 heavy (non-hydrogen) atoms. The molecule has 0 bridgehead atoms. The lowest BCUT2D eigenvalue weighted by molar-refractivity contribution is 0.0686. The molecule has 0 unspecified atom stereocenters. The van der Waals surface area contributed by atoms with Gasteiger partial charge in [-0.05, 0) is 50.3 Å². The normalized spacial score (nSPS) is 12.9. The minimum atomic E-state index is -1.13. The number of carbonyl (C=O) groups is 1. The van der Waals surface area contributed by atoms with E-state index in [9.17, 15) is 20.0 Å². The van der Waals surface area contributed by atoms with Gasteiger partial charge in [-0.1, -0.05) is 11.6 Å². The van der Waals surface area contributed by atoms with E-state index >= 15 is 0 Å². The van der Waals surface area contributed by atoms with Crippen molar-refractivity contribution < 1.29 is 14.6 Å². The highest BCUT2D eigenvalue weighted by molar-refractivity contribution is 7.98. The minimum Gasteiger partial charge on any atom is -0.491 e. The molecule has 0 saturated heterocycles. The highest BCUT2D eigenvalue weighted by atomic mass is 35.5. The van der Waals surface area contributed by atoms with Gasteiger partial charge in [-0.3, -0.25) is 14.3 Å². The molecule has 1 aromatic carbocycles. The average Bonchev–Trinajstić information content (AvgIpc) is 3.75. The van der Waals surface area contributed by atoms with Crippen molar-refractivity contribution in [3.63, 3.8) is 0 Å². The SMILES string of the molecule is CSc1c(-c2cc(Cl)ccc2OCCn2c(C)nc3cnc(C4CC4)c(C#N)c3c2=O)ccnc1C(=O)O. The summed E-state index contributed by atoms with van der Waals surface area (Å²) in [7, 11) is 0. The molecular formula is C27H22ClN5O4S. The van der Waals surface area contributed by atoms with E-state index in [1.165, 1.54) is 22.5 Å². The zero-order valence-electron chi connectivity index (χ0n) is 20.6. The monoisotopic (exact) mass is 547 g/mol. The molecule has 0 amide bonds. The maximum Gasteiger partial charge on any atom is 0.355 e. The zero-order valence-corrected chi connectivity index (χ0v) is 22.1. The van der Waals surface area contributed by atoms with Crippen LogP contribution < -0.4 is 10.3 Å². The van der Waals surface area contributed by atoms with E-state index in [2.05, 4.69) is 21.0 Å². The van der Waals surface area contributed by atoms with Gasteiger partial charge in [0.25, 0.3) is 5.56 Å². The highest BCUT2D eigenvalue weighted by Gasteiger charge is 2.30. The Morgan fingerprint density at radius 2 is 2.08 bits per heavy atom. The van der Waals surface area contributed by atoms with Gasteiger partial charge in [0.2, 0.25) is 0 Å². The van der Waals surface area contributed by atoms with Crippen molar-refractivity contribution in [2.45, 2.75) is 37.1 Å². The number of halogens is 1. The Balaban J connectivity index is 1.48. The Hall–Kier alpha value is -3.94. The van der Waals surface area contributed by atoms with Gasteiger partial charge in [0.05, 0.1) is 34.9 Å². The number of nitrogens with zero attached hydrogens (tertiary/aromatic N) is 5. The fraction of sp³-hybridized carbons (Fsp3) is 0.259. The number of rotatable bonds is 8. The van der Waals surface area contributed by atoms with Gasteiger partial charge < -0.3 is 9.84 Å². The first-order chi connectivity index (χ1) is 18.3. The Labute approximate surface area is 227 Å². The summed E-state index contributed by atoms with van der Waals surface area (Å²) in [6.45, 7) is 2.04. The Bertz CT molecular complexity index is 1690. The molecule has 11 heteroatoms. The van der Waals surface area contributed by atoms with Crippen molar-refractivity contribution >= 4 is 40.2 Å². The fourth-order valence-electron chi connectivity index (χ4n) is 4.48. The third-order valence-corrected chi connectivity index (χ3v) is 7.47. The molecule has 1 aliphatic carbocycles. The van der Waals surface area contributed by atoms with E-state index in [-0.39, 0.29) is 35.7 Å². The first kappa shape index (κ1) is 25.7. The summed E-state index contributed by atoms with van der Waals surface area (Å²) >= 11 is 7.55. The number of thioether (sulfide) groups is 1. The third kappa shape index (κ3) is 4.71. The molecule has 0 atom stereocenters. The maximum absolute atomic E-state index is 13.5. The van der Waals surface area contributed by atoms with Crippen molar-refractivity contribution in [2.75, 3.05) is 12.9 Å². The summed E-state index contributed by atoms with van der Waals surface area (Å²) in [6.07, 6.45) is 6.70. The molecule has 192 valence electrons. The van der Waals surface area contributed by atoms with Gasteiger partial charge in [0.1, 0.15) is 24.3 Å². The van der Waals surface area contributed by atoms with Crippen molar-refractivity contribution in [1.29, 1.82) is 5.26 Å². The number of benzene rings is 1. The van der Waals surface area contributed by atoms with E-state index in [0.29, 0.717) is 49.4 Å². The fourth-order valence-corrected chi connectivity index (χ4v) is 5.38. The van der Waals surface area contributed by atoms with E-state index in [0.717, 1.165) is 12.8 Å². The number of aromatic carboxylic acids is 1. The third-order valence-electron chi connectivity index (χ3n) is 6.41. The molecule has 0 spiro atoms. The van der Waals surface area contributed by atoms with Crippen molar-refractivity contribution in [3.8, 4) is 22.9 Å². The van der Waals surface area contributed by atoms with Crippen LogP contribution in [-0.4, -0.2) is 43.5 Å². The van der Waals surface area contributed by atoms with Crippen LogP contribution in [0.15, 0.2) is 46.3 Å². The molecule has 1 N–H and O–H groups in total. The molecule has 1 fully saturated rings. The molecule has 5 rings (SSSR count). The lowest BCUT2D eigenvalue weighted by atomic mass is 10.0. The highest BCUT2D eigenvalue weighted by Crippen LogP contribution is 2.41. The molecule has 1 saturated carbocycles. The molecule has 9 nitrogen and oxygen atoms in total. The van der Waals surface area contributed by atoms with Crippen LogP contribution in [0.2, 0.25) is 5.02 Å². The molecule has 0 radical (unpaired) electrons. The minimum absolute atomic E-state index is 0.0568. The molecule has 4 aromatic rings. The smallest absolute Gasteiger partial charge is 0.355 e. The molecule has 1 aliphatic rings. The average molecular weight is 548 g/mol. The largest absolute Gasteiger partial charge is 0.491 e. The van der Waals surface area contributed by atoms with Crippen molar-refractivity contribution in [1.82, 2.24) is 19.5 Å². The van der Waals surface area contributed by atoms with Gasteiger partial charge in [-0.15, -0.1) is 11.8 Å². The number of carboxylic acids is 1. The summed E-state index contributed by atoms with van der Waals surface area (Å²) in [4.78, 5) is 38.6. The number of nitriles is 1. The topological polar surface area (TPSA) is 131 Å². The number of aryl methyl sites for hydroxylation is 1. The Kier molecular flexibility index (Phi) is 7.06. The number of carboxylic acid groups (broad SMARTS) is 1. The first-order valence-electron chi connectivity index (χ1n) is 11.8. The lowest BCUT2D eigenvalue weighted by Crippen LogP contribution is -2.27. The predicted octanol–water partition coefficient (Wildman–Crippen LogP) is 5.06. The van der Waals surface area contributed by atoms with Crippen LogP contribution in [-0.2, 0) is 6.54 Å². The number of hydrogen-bond acceptors (Lipinski definition) is 8. The number of aromatic nitrogens is 4. The van der Waals surface area contributed by atoms with E-state index in [1.807, 2.05) is 0 Å². The number of ether oxygens (including phenoxy) is 1. The van der Waals surface area contributed by atoms with Crippen LogP contribution in [0.5, 0.6) is 5.75 Å². The van der Waals surface area contributed by atoms with E-state index < -0.39 is 5.97 Å².